The molecule has 0 aromatic heterocycles. The van der Waals surface area contributed by atoms with Crippen molar-refractivity contribution < 1.29 is 0 Å². The summed E-state index contributed by atoms with van der Waals surface area (Å²) >= 11 is 5.97. The predicted molar refractivity (Wildman–Crippen MR) is 86.7 cm³/mol. The zero-order chi connectivity index (χ0) is 13.8. The molecule has 2 aromatic rings. The van der Waals surface area contributed by atoms with E-state index in [-0.39, 0.29) is 0 Å². The van der Waals surface area contributed by atoms with Crippen LogP contribution in [-0.2, 0) is 6.54 Å². The van der Waals surface area contributed by atoms with Crippen LogP contribution in [-0.4, -0.2) is 13.1 Å². The third-order valence-electron chi connectivity index (χ3n) is 3.73. The SMILES string of the molecule is Clc1cccc(NCc2ccc(N3CCCC3)cc2)c1. The first-order valence-corrected chi connectivity index (χ1v) is 7.52. The summed E-state index contributed by atoms with van der Waals surface area (Å²) in [6.45, 7) is 3.21. The quantitative estimate of drug-likeness (QED) is 0.887. The van der Waals surface area contributed by atoms with E-state index in [1.54, 1.807) is 0 Å². The van der Waals surface area contributed by atoms with Gasteiger partial charge >= 0.3 is 0 Å². The Hall–Kier alpha value is -1.67. The molecule has 0 spiro atoms. The zero-order valence-electron chi connectivity index (χ0n) is 11.5. The molecule has 0 amide bonds. The number of nitrogens with one attached hydrogen (secondary N) is 1. The van der Waals surface area contributed by atoms with Crippen LogP contribution in [0.3, 0.4) is 0 Å². The molecule has 3 heteroatoms. The molecule has 0 radical (unpaired) electrons. The molecule has 104 valence electrons. The Kier molecular flexibility index (Phi) is 4.12. The summed E-state index contributed by atoms with van der Waals surface area (Å²) in [6, 6.07) is 16.7. The number of anilines is 2. The second-order valence-corrected chi connectivity index (χ2v) is 5.66. The summed E-state index contributed by atoms with van der Waals surface area (Å²) < 4.78 is 0. The van der Waals surface area contributed by atoms with Crippen molar-refractivity contribution in [3.63, 3.8) is 0 Å². The summed E-state index contributed by atoms with van der Waals surface area (Å²) in [5, 5.41) is 4.16. The molecule has 1 heterocycles. The number of benzene rings is 2. The summed E-state index contributed by atoms with van der Waals surface area (Å²) in [5.74, 6) is 0. The normalized spacial score (nSPS) is 14.6. The summed E-state index contributed by atoms with van der Waals surface area (Å²) in [6.07, 6.45) is 2.64. The van der Waals surface area contributed by atoms with E-state index in [0.29, 0.717) is 0 Å². The van der Waals surface area contributed by atoms with Crippen LogP contribution in [0.4, 0.5) is 11.4 Å². The first-order chi connectivity index (χ1) is 9.81. The Balaban J connectivity index is 1.60. The molecule has 1 aliphatic heterocycles. The summed E-state index contributed by atoms with van der Waals surface area (Å²) in [4.78, 5) is 2.45. The van der Waals surface area contributed by atoms with Crippen LogP contribution in [0.5, 0.6) is 0 Å². The van der Waals surface area contributed by atoms with Crippen LogP contribution < -0.4 is 10.2 Å². The minimum absolute atomic E-state index is 0.763. The Morgan fingerprint density at radius 2 is 1.75 bits per heavy atom. The fourth-order valence-electron chi connectivity index (χ4n) is 2.60. The van der Waals surface area contributed by atoms with Gasteiger partial charge in [0.2, 0.25) is 0 Å². The van der Waals surface area contributed by atoms with Gasteiger partial charge in [-0.1, -0.05) is 29.8 Å². The van der Waals surface area contributed by atoms with E-state index < -0.39 is 0 Å². The van der Waals surface area contributed by atoms with Crippen molar-refractivity contribution in [1.29, 1.82) is 0 Å². The summed E-state index contributed by atoms with van der Waals surface area (Å²) in [5.41, 5.74) is 3.68. The van der Waals surface area contributed by atoms with Crippen LogP contribution in [0.2, 0.25) is 5.02 Å². The maximum atomic E-state index is 5.97. The second kappa shape index (κ2) is 6.19. The van der Waals surface area contributed by atoms with Gasteiger partial charge in [0, 0.05) is 36.0 Å². The number of hydrogen-bond acceptors (Lipinski definition) is 2. The first-order valence-electron chi connectivity index (χ1n) is 7.14. The molecule has 3 rings (SSSR count). The lowest BCUT2D eigenvalue weighted by atomic mass is 10.2. The van der Waals surface area contributed by atoms with Gasteiger partial charge in [0.15, 0.2) is 0 Å². The molecule has 20 heavy (non-hydrogen) atoms. The molecule has 1 aliphatic rings. The van der Waals surface area contributed by atoms with E-state index in [9.17, 15) is 0 Å². The van der Waals surface area contributed by atoms with Gasteiger partial charge in [-0.2, -0.15) is 0 Å². The Morgan fingerprint density at radius 3 is 2.45 bits per heavy atom. The fourth-order valence-corrected chi connectivity index (χ4v) is 2.79. The highest BCUT2D eigenvalue weighted by atomic mass is 35.5. The topological polar surface area (TPSA) is 15.3 Å². The van der Waals surface area contributed by atoms with Crippen LogP contribution in [0.15, 0.2) is 48.5 Å². The molecular weight excluding hydrogens is 268 g/mol. The minimum Gasteiger partial charge on any atom is -0.381 e. The molecule has 1 fully saturated rings. The Labute approximate surface area is 125 Å². The maximum Gasteiger partial charge on any atom is 0.0426 e. The Bertz CT molecular complexity index is 559. The van der Waals surface area contributed by atoms with Gasteiger partial charge in [-0.25, -0.2) is 0 Å². The monoisotopic (exact) mass is 286 g/mol. The lowest BCUT2D eigenvalue weighted by Gasteiger charge is -2.17. The number of nitrogens with zero attached hydrogens (tertiary/aromatic N) is 1. The number of hydrogen-bond donors (Lipinski definition) is 1. The molecule has 0 aliphatic carbocycles. The van der Waals surface area contributed by atoms with E-state index in [4.69, 9.17) is 11.6 Å². The summed E-state index contributed by atoms with van der Waals surface area (Å²) in [7, 11) is 0. The average molecular weight is 287 g/mol. The second-order valence-electron chi connectivity index (χ2n) is 5.22. The molecule has 0 atom stereocenters. The highest BCUT2D eigenvalue weighted by Crippen LogP contribution is 2.21. The van der Waals surface area contributed by atoms with Crippen molar-refractivity contribution in [2.24, 2.45) is 0 Å². The molecule has 2 nitrogen and oxygen atoms in total. The lowest BCUT2D eigenvalue weighted by molar-refractivity contribution is 0.949. The molecule has 0 saturated carbocycles. The van der Waals surface area contributed by atoms with Crippen LogP contribution in [0, 0.1) is 0 Å². The third kappa shape index (κ3) is 3.26. The van der Waals surface area contributed by atoms with Gasteiger partial charge in [-0.15, -0.1) is 0 Å². The van der Waals surface area contributed by atoms with Crippen molar-refractivity contribution >= 4 is 23.0 Å². The van der Waals surface area contributed by atoms with Crippen molar-refractivity contribution in [2.45, 2.75) is 19.4 Å². The minimum atomic E-state index is 0.763. The van der Waals surface area contributed by atoms with E-state index in [0.717, 1.165) is 17.3 Å². The maximum absolute atomic E-state index is 5.97. The van der Waals surface area contributed by atoms with Gasteiger partial charge in [0.05, 0.1) is 0 Å². The van der Waals surface area contributed by atoms with Gasteiger partial charge in [-0.05, 0) is 48.7 Å². The molecule has 0 unspecified atom stereocenters. The van der Waals surface area contributed by atoms with Crippen molar-refractivity contribution in [2.75, 3.05) is 23.3 Å². The molecule has 1 saturated heterocycles. The average Bonchev–Trinajstić information content (AvgIpc) is 3.00. The number of halogens is 1. The molecule has 2 aromatic carbocycles. The van der Waals surface area contributed by atoms with Gasteiger partial charge in [0.25, 0.3) is 0 Å². The highest BCUT2D eigenvalue weighted by molar-refractivity contribution is 6.30. The van der Waals surface area contributed by atoms with Gasteiger partial charge < -0.3 is 10.2 Å². The van der Waals surface area contributed by atoms with Gasteiger partial charge in [-0.3, -0.25) is 0 Å². The molecule has 0 bridgehead atoms. The Morgan fingerprint density at radius 1 is 1.00 bits per heavy atom. The zero-order valence-corrected chi connectivity index (χ0v) is 12.2. The first kappa shape index (κ1) is 13.3. The molecular formula is C17H19ClN2. The highest BCUT2D eigenvalue weighted by Gasteiger charge is 2.11. The smallest absolute Gasteiger partial charge is 0.0426 e. The largest absolute Gasteiger partial charge is 0.381 e. The number of rotatable bonds is 4. The van der Waals surface area contributed by atoms with E-state index >= 15 is 0 Å². The van der Waals surface area contributed by atoms with E-state index in [1.165, 1.54) is 37.2 Å². The standard InChI is InChI=1S/C17H19ClN2/c18-15-4-3-5-16(12-15)19-13-14-6-8-17(9-7-14)20-10-1-2-11-20/h3-9,12,19H,1-2,10-11,13H2. The van der Waals surface area contributed by atoms with Crippen LogP contribution in [0.25, 0.3) is 0 Å². The van der Waals surface area contributed by atoms with E-state index in [1.807, 2.05) is 24.3 Å². The van der Waals surface area contributed by atoms with E-state index in [2.05, 4.69) is 34.5 Å². The van der Waals surface area contributed by atoms with Crippen LogP contribution in [0.1, 0.15) is 18.4 Å². The van der Waals surface area contributed by atoms with Gasteiger partial charge in [0.1, 0.15) is 0 Å². The van der Waals surface area contributed by atoms with Crippen molar-refractivity contribution in [3.05, 3.63) is 59.1 Å². The van der Waals surface area contributed by atoms with Crippen molar-refractivity contribution in [3.8, 4) is 0 Å². The lowest BCUT2D eigenvalue weighted by Crippen LogP contribution is -2.17. The molecule has 1 N–H and O–H groups in total. The van der Waals surface area contributed by atoms with Crippen LogP contribution >= 0.6 is 11.6 Å². The fraction of sp³-hybridized carbons (Fsp3) is 0.294. The predicted octanol–water partition coefficient (Wildman–Crippen LogP) is 4.55. The van der Waals surface area contributed by atoms with Crippen molar-refractivity contribution in [1.82, 2.24) is 0 Å². The third-order valence-corrected chi connectivity index (χ3v) is 3.96.